The molecule has 1 aromatic heterocycles. The molecule has 21 heavy (non-hydrogen) atoms. The third-order valence-corrected chi connectivity index (χ3v) is 3.35. The number of hydrogen-bond donors (Lipinski definition) is 2. The quantitative estimate of drug-likeness (QED) is 0.863. The molecular weight excluding hydrogens is 264 g/mol. The van der Waals surface area contributed by atoms with Crippen molar-refractivity contribution >= 4 is 11.7 Å². The van der Waals surface area contributed by atoms with Crippen LogP contribution >= 0.6 is 0 Å². The van der Waals surface area contributed by atoms with Crippen molar-refractivity contribution in [3.8, 4) is 0 Å². The Bertz CT molecular complexity index is 617. The van der Waals surface area contributed by atoms with E-state index in [9.17, 15) is 4.79 Å². The summed E-state index contributed by atoms with van der Waals surface area (Å²) in [6, 6.07) is 11.2. The topological polar surface area (TPSA) is 54.3 Å². The Morgan fingerprint density at radius 1 is 1.14 bits per heavy atom. The molecule has 0 aliphatic heterocycles. The third-order valence-electron chi connectivity index (χ3n) is 3.35. The van der Waals surface area contributed by atoms with Crippen LogP contribution in [0.5, 0.6) is 0 Å². The van der Waals surface area contributed by atoms with Crippen LogP contribution in [0.3, 0.4) is 0 Å². The van der Waals surface area contributed by atoms with Gasteiger partial charge in [0, 0.05) is 5.69 Å². The van der Waals surface area contributed by atoms with Crippen LogP contribution in [0.4, 0.5) is 10.5 Å². The van der Waals surface area contributed by atoms with E-state index in [1.54, 1.807) is 0 Å². The van der Waals surface area contributed by atoms with Gasteiger partial charge in [0.05, 0.1) is 6.04 Å². The van der Waals surface area contributed by atoms with Crippen LogP contribution in [-0.2, 0) is 0 Å². The van der Waals surface area contributed by atoms with E-state index in [0.29, 0.717) is 5.92 Å². The van der Waals surface area contributed by atoms with Crippen molar-refractivity contribution < 1.29 is 9.21 Å². The van der Waals surface area contributed by atoms with E-state index in [4.69, 9.17) is 4.42 Å². The van der Waals surface area contributed by atoms with Gasteiger partial charge in [0.25, 0.3) is 0 Å². The Balaban J connectivity index is 1.97. The molecule has 4 heteroatoms. The number of carbonyl (C=O) groups is 1. The first kappa shape index (κ1) is 15.2. The molecule has 1 heterocycles. The third kappa shape index (κ3) is 4.12. The minimum absolute atomic E-state index is 0.174. The van der Waals surface area contributed by atoms with Crippen molar-refractivity contribution in [2.24, 2.45) is 0 Å². The summed E-state index contributed by atoms with van der Waals surface area (Å²) in [5.41, 5.74) is 1.99. The van der Waals surface area contributed by atoms with Crippen molar-refractivity contribution in [2.75, 3.05) is 5.32 Å². The lowest BCUT2D eigenvalue weighted by Crippen LogP contribution is -2.31. The average Bonchev–Trinajstić information content (AvgIpc) is 2.85. The molecule has 112 valence electrons. The van der Waals surface area contributed by atoms with Crippen LogP contribution in [0.25, 0.3) is 0 Å². The van der Waals surface area contributed by atoms with E-state index < -0.39 is 0 Å². The summed E-state index contributed by atoms with van der Waals surface area (Å²) < 4.78 is 5.50. The van der Waals surface area contributed by atoms with Crippen LogP contribution in [0.2, 0.25) is 0 Å². The van der Waals surface area contributed by atoms with Crippen LogP contribution < -0.4 is 10.6 Å². The molecule has 2 aromatic rings. The predicted octanol–water partition coefficient (Wildman–Crippen LogP) is 4.59. The molecule has 0 saturated carbocycles. The summed E-state index contributed by atoms with van der Waals surface area (Å²) in [6.07, 6.45) is 0. The van der Waals surface area contributed by atoms with Gasteiger partial charge in [0.2, 0.25) is 0 Å². The second-order valence-electron chi connectivity index (χ2n) is 5.55. The predicted molar refractivity (Wildman–Crippen MR) is 84.5 cm³/mol. The molecule has 0 aliphatic carbocycles. The summed E-state index contributed by atoms with van der Waals surface area (Å²) >= 11 is 0. The molecule has 2 N–H and O–H groups in total. The maximum Gasteiger partial charge on any atom is 0.319 e. The SMILES string of the molecule is Cc1ccc([C@@H](C)NC(=O)Nc2cccc(C(C)C)c2)o1. The molecular formula is C17H22N2O2. The maximum absolute atomic E-state index is 12.0. The zero-order valence-electron chi connectivity index (χ0n) is 12.9. The molecule has 0 spiro atoms. The Labute approximate surface area is 125 Å². The molecule has 0 fully saturated rings. The fraction of sp³-hybridized carbons (Fsp3) is 0.353. The first-order chi connectivity index (χ1) is 9.95. The normalized spacial score (nSPS) is 12.2. The van der Waals surface area contributed by atoms with Crippen LogP contribution in [0, 0.1) is 6.92 Å². The number of aryl methyl sites for hydroxylation is 1. The number of anilines is 1. The van der Waals surface area contributed by atoms with E-state index in [1.165, 1.54) is 5.56 Å². The van der Waals surface area contributed by atoms with Crippen LogP contribution in [0.1, 0.15) is 49.8 Å². The van der Waals surface area contributed by atoms with Crippen molar-refractivity contribution in [2.45, 2.75) is 39.7 Å². The van der Waals surface area contributed by atoms with Crippen molar-refractivity contribution in [3.63, 3.8) is 0 Å². The first-order valence-corrected chi connectivity index (χ1v) is 7.19. The van der Waals surface area contributed by atoms with E-state index in [0.717, 1.165) is 17.2 Å². The highest BCUT2D eigenvalue weighted by Gasteiger charge is 2.13. The summed E-state index contributed by atoms with van der Waals surface area (Å²) in [6.45, 7) is 8.02. The van der Waals surface area contributed by atoms with E-state index in [1.807, 2.05) is 44.2 Å². The van der Waals surface area contributed by atoms with E-state index >= 15 is 0 Å². The summed E-state index contributed by atoms with van der Waals surface area (Å²) in [7, 11) is 0. The van der Waals surface area contributed by atoms with Gasteiger partial charge in [0.15, 0.2) is 0 Å². The highest BCUT2D eigenvalue weighted by Crippen LogP contribution is 2.19. The lowest BCUT2D eigenvalue weighted by Gasteiger charge is -2.14. The smallest absolute Gasteiger partial charge is 0.319 e. The molecule has 0 bridgehead atoms. The highest BCUT2D eigenvalue weighted by molar-refractivity contribution is 5.89. The second kappa shape index (κ2) is 6.48. The molecule has 1 atom stereocenters. The molecule has 0 saturated heterocycles. The Hall–Kier alpha value is -2.23. The lowest BCUT2D eigenvalue weighted by atomic mass is 10.0. The number of carbonyl (C=O) groups excluding carboxylic acids is 1. The van der Waals surface area contributed by atoms with E-state index in [2.05, 4.69) is 30.5 Å². The first-order valence-electron chi connectivity index (χ1n) is 7.19. The summed E-state index contributed by atoms with van der Waals surface area (Å²) in [5.74, 6) is 2.02. The fourth-order valence-electron chi connectivity index (χ4n) is 2.10. The number of furan rings is 1. The second-order valence-corrected chi connectivity index (χ2v) is 5.55. The largest absolute Gasteiger partial charge is 0.464 e. The summed E-state index contributed by atoms with van der Waals surface area (Å²) in [5, 5.41) is 5.72. The molecule has 0 unspecified atom stereocenters. The molecule has 0 radical (unpaired) electrons. The Kier molecular flexibility index (Phi) is 4.68. The Morgan fingerprint density at radius 3 is 2.52 bits per heavy atom. The number of amides is 2. The Morgan fingerprint density at radius 2 is 1.90 bits per heavy atom. The molecule has 4 nitrogen and oxygen atoms in total. The van der Waals surface area contributed by atoms with Gasteiger partial charge < -0.3 is 15.1 Å². The van der Waals surface area contributed by atoms with Crippen molar-refractivity contribution in [1.29, 1.82) is 0 Å². The van der Waals surface area contributed by atoms with Gasteiger partial charge >= 0.3 is 6.03 Å². The maximum atomic E-state index is 12.0. The number of nitrogens with one attached hydrogen (secondary N) is 2. The van der Waals surface area contributed by atoms with Gasteiger partial charge in [0.1, 0.15) is 11.5 Å². The average molecular weight is 286 g/mol. The number of benzene rings is 1. The molecule has 1 aromatic carbocycles. The zero-order chi connectivity index (χ0) is 15.4. The van der Waals surface area contributed by atoms with Crippen molar-refractivity contribution in [3.05, 3.63) is 53.5 Å². The van der Waals surface area contributed by atoms with Gasteiger partial charge in [-0.3, -0.25) is 0 Å². The molecule has 0 aliphatic rings. The van der Waals surface area contributed by atoms with Gasteiger partial charge in [-0.15, -0.1) is 0 Å². The minimum atomic E-state index is -0.238. The monoisotopic (exact) mass is 286 g/mol. The molecule has 2 amide bonds. The fourth-order valence-corrected chi connectivity index (χ4v) is 2.10. The molecule has 2 rings (SSSR count). The number of rotatable bonds is 4. The minimum Gasteiger partial charge on any atom is -0.464 e. The van der Waals surface area contributed by atoms with Gasteiger partial charge in [-0.25, -0.2) is 4.79 Å². The zero-order valence-corrected chi connectivity index (χ0v) is 12.9. The van der Waals surface area contributed by atoms with E-state index in [-0.39, 0.29) is 12.1 Å². The van der Waals surface area contributed by atoms with Crippen molar-refractivity contribution in [1.82, 2.24) is 5.32 Å². The van der Waals surface area contributed by atoms with Crippen LogP contribution in [-0.4, -0.2) is 6.03 Å². The van der Waals surface area contributed by atoms with Gasteiger partial charge in [-0.05, 0) is 49.6 Å². The van der Waals surface area contributed by atoms with Crippen LogP contribution in [0.15, 0.2) is 40.8 Å². The van der Waals surface area contributed by atoms with Gasteiger partial charge in [-0.1, -0.05) is 26.0 Å². The van der Waals surface area contributed by atoms with Gasteiger partial charge in [-0.2, -0.15) is 0 Å². The number of urea groups is 1. The number of hydrogen-bond acceptors (Lipinski definition) is 2. The summed E-state index contributed by atoms with van der Waals surface area (Å²) in [4.78, 5) is 12.0. The lowest BCUT2D eigenvalue weighted by molar-refractivity contribution is 0.247. The standard InChI is InChI=1S/C17H22N2O2/c1-11(2)14-6-5-7-15(10-14)19-17(20)18-13(4)16-9-8-12(3)21-16/h5-11,13H,1-4H3,(H2,18,19,20)/t13-/m1/s1. The highest BCUT2D eigenvalue weighted by atomic mass is 16.3.